The van der Waals surface area contributed by atoms with E-state index in [1.54, 1.807) is 30.5 Å². The minimum atomic E-state index is -4.61. The van der Waals surface area contributed by atoms with Crippen molar-refractivity contribution in [2.75, 3.05) is 11.9 Å². The van der Waals surface area contributed by atoms with Crippen molar-refractivity contribution in [2.24, 2.45) is 0 Å². The summed E-state index contributed by atoms with van der Waals surface area (Å²) in [6, 6.07) is 9.88. The molecule has 0 radical (unpaired) electrons. The quantitative estimate of drug-likeness (QED) is 0.709. The van der Waals surface area contributed by atoms with Crippen molar-refractivity contribution in [1.29, 1.82) is 0 Å². The summed E-state index contributed by atoms with van der Waals surface area (Å²) in [6.45, 7) is -0.384. The number of alkyl halides is 3. The van der Waals surface area contributed by atoms with Gasteiger partial charge in [0, 0.05) is 11.8 Å². The number of anilines is 1. The molecule has 1 N–H and O–H groups in total. The lowest BCUT2D eigenvalue weighted by Gasteiger charge is -2.12. The number of hydrogen-bond acceptors (Lipinski definition) is 4. The van der Waals surface area contributed by atoms with Gasteiger partial charge >= 0.3 is 6.18 Å². The van der Waals surface area contributed by atoms with E-state index in [4.69, 9.17) is 16.3 Å². The number of carbonyl (C=O) groups excluding carboxylic acids is 1. The summed E-state index contributed by atoms with van der Waals surface area (Å²) in [6.07, 6.45) is -1.46. The van der Waals surface area contributed by atoms with Crippen LogP contribution in [0.25, 0.3) is 5.69 Å². The molecule has 3 aromatic rings. The SMILES string of the molecule is O=C(COc1cccc(-n2ccnn2)c1)Nc1ccc(Cl)c(C(F)(F)F)c1. The van der Waals surface area contributed by atoms with E-state index in [2.05, 4.69) is 15.6 Å². The second kappa shape index (κ2) is 7.67. The Kier molecular flexibility index (Phi) is 5.31. The topological polar surface area (TPSA) is 69.0 Å². The number of nitrogens with zero attached hydrogens (tertiary/aromatic N) is 3. The summed E-state index contributed by atoms with van der Waals surface area (Å²) < 4.78 is 45.5. The van der Waals surface area contributed by atoms with Crippen LogP contribution in [0.15, 0.2) is 54.9 Å². The molecule has 27 heavy (non-hydrogen) atoms. The second-order valence-electron chi connectivity index (χ2n) is 5.37. The Morgan fingerprint density at radius 3 is 2.74 bits per heavy atom. The van der Waals surface area contributed by atoms with Crippen molar-refractivity contribution in [3.63, 3.8) is 0 Å². The van der Waals surface area contributed by atoms with E-state index < -0.39 is 22.7 Å². The monoisotopic (exact) mass is 396 g/mol. The van der Waals surface area contributed by atoms with Gasteiger partial charge in [-0.05, 0) is 30.3 Å². The first-order valence-corrected chi connectivity index (χ1v) is 7.97. The number of amides is 1. The van der Waals surface area contributed by atoms with Crippen LogP contribution in [0.2, 0.25) is 5.02 Å². The van der Waals surface area contributed by atoms with Gasteiger partial charge in [-0.1, -0.05) is 22.9 Å². The summed E-state index contributed by atoms with van der Waals surface area (Å²) in [4.78, 5) is 12.0. The fourth-order valence-corrected chi connectivity index (χ4v) is 2.45. The first kappa shape index (κ1) is 18.7. The van der Waals surface area contributed by atoms with E-state index >= 15 is 0 Å². The molecular weight excluding hydrogens is 385 g/mol. The van der Waals surface area contributed by atoms with Gasteiger partial charge in [-0.2, -0.15) is 13.2 Å². The third-order valence-corrected chi connectivity index (χ3v) is 3.76. The molecule has 6 nitrogen and oxygen atoms in total. The largest absolute Gasteiger partial charge is 0.484 e. The van der Waals surface area contributed by atoms with Crippen molar-refractivity contribution < 1.29 is 22.7 Å². The third-order valence-electron chi connectivity index (χ3n) is 3.43. The zero-order valence-corrected chi connectivity index (χ0v) is 14.3. The van der Waals surface area contributed by atoms with Gasteiger partial charge in [-0.15, -0.1) is 5.10 Å². The smallest absolute Gasteiger partial charge is 0.417 e. The fraction of sp³-hybridized carbons (Fsp3) is 0.118. The maximum atomic E-state index is 12.9. The first-order valence-electron chi connectivity index (χ1n) is 7.59. The number of nitrogens with one attached hydrogen (secondary N) is 1. The van der Waals surface area contributed by atoms with E-state index in [1.165, 1.54) is 16.9 Å². The molecule has 10 heteroatoms. The zero-order chi connectivity index (χ0) is 19.4. The maximum Gasteiger partial charge on any atom is 0.417 e. The van der Waals surface area contributed by atoms with E-state index in [9.17, 15) is 18.0 Å². The van der Waals surface area contributed by atoms with Gasteiger partial charge in [0.25, 0.3) is 5.91 Å². The molecule has 0 unspecified atom stereocenters. The van der Waals surface area contributed by atoms with Crippen molar-refractivity contribution >= 4 is 23.2 Å². The van der Waals surface area contributed by atoms with Gasteiger partial charge in [0.05, 0.1) is 28.7 Å². The predicted molar refractivity (Wildman–Crippen MR) is 91.9 cm³/mol. The van der Waals surface area contributed by atoms with E-state index in [0.717, 1.165) is 12.1 Å². The number of hydrogen-bond donors (Lipinski definition) is 1. The first-order chi connectivity index (χ1) is 12.8. The number of aromatic nitrogens is 3. The number of carbonyl (C=O) groups is 1. The molecule has 0 saturated heterocycles. The third kappa shape index (κ3) is 4.76. The van der Waals surface area contributed by atoms with Crippen LogP contribution in [0.3, 0.4) is 0 Å². The van der Waals surface area contributed by atoms with Crippen LogP contribution in [-0.2, 0) is 11.0 Å². The highest BCUT2D eigenvalue weighted by atomic mass is 35.5. The molecule has 2 aromatic carbocycles. The average Bonchev–Trinajstić information content (AvgIpc) is 3.16. The maximum absolute atomic E-state index is 12.9. The van der Waals surface area contributed by atoms with Crippen molar-refractivity contribution in [3.8, 4) is 11.4 Å². The van der Waals surface area contributed by atoms with Crippen molar-refractivity contribution in [2.45, 2.75) is 6.18 Å². The summed E-state index contributed by atoms with van der Waals surface area (Å²) >= 11 is 5.55. The molecule has 0 atom stereocenters. The molecule has 1 amide bonds. The molecule has 0 saturated carbocycles. The van der Waals surface area contributed by atoms with Crippen LogP contribution in [0, 0.1) is 0 Å². The highest BCUT2D eigenvalue weighted by Crippen LogP contribution is 2.36. The highest BCUT2D eigenvalue weighted by Gasteiger charge is 2.33. The number of benzene rings is 2. The van der Waals surface area contributed by atoms with Gasteiger partial charge in [-0.25, -0.2) is 4.68 Å². The van der Waals surface area contributed by atoms with E-state index in [-0.39, 0.29) is 12.3 Å². The molecule has 140 valence electrons. The predicted octanol–water partition coefficient (Wildman–Crippen LogP) is 3.96. The van der Waals surface area contributed by atoms with Crippen LogP contribution in [-0.4, -0.2) is 27.5 Å². The van der Waals surface area contributed by atoms with Crippen LogP contribution < -0.4 is 10.1 Å². The highest BCUT2D eigenvalue weighted by molar-refractivity contribution is 6.31. The summed E-state index contributed by atoms with van der Waals surface area (Å²) in [7, 11) is 0. The lowest BCUT2D eigenvalue weighted by atomic mass is 10.2. The number of ether oxygens (including phenoxy) is 1. The zero-order valence-electron chi connectivity index (χ0n) is 13.6. The van der Waals surface area contributed by atoms with Crippen LogP contribution in [0.1, 0.15) is 5.56 Å². The molecule has 1 heterocycles. The van der Waals surface area contributed by atoms with E-state index in [1.807, 2.05) is 0 Å². The van der Waals surface area contributed by atoms with Gasteiger partial charge in [0.15, 0.2) is 6.61 Å². The molecule has 0 spiro atoms. The second-order valence-corrected chi connectivity index (χ2v) is 5.78. The Morgan fingerprint density at radius 2 is 2.04 bits per heavy atom. The number of halogens is 4. The molecule has 1 aromatic heterocycles. The van der Waals surface area contributed by atoms with Crippen LogP contribution in [0.5, 0.6) is 5.75 Å². The Labute approximate surface area is 156 Å². The minimum absolute atomic E-state index is 0.0308. The fourth-order valence-electron chi connectivity index (χ4n) is 2.23. The Bertz CT molecular complexity index is 946. The molecule has 0 aliphatic rings. The molecule has 3 rings (SSSR count). The molecule has 0 aliphatic carbocycles. The van der Waals surface area contributed by atoms with E-state index in [0.29, 0.717) is 11.4 Å². The molecule has 0 fully saturated rings. The average molecular weight is 397 g/mol. The number of rotatable bonds is 5. The Morgan fingerprint density at radius 1 is 1.22 bits per heavy atom. The van der Waals surface area contributed by atoms with Crippen molar-refractivity contribution in [3.05, 3.63) is 65.4 Å². The lowest BCUT2D eigenvalue weighted by Crippen LogP contribution is -2.20. The Balaban J connectivity index is 1.63. The van der Waals surface area contributed by atoms with Crippen molar-refractivity contribution in [1.82, 2.24) is 15.0 Å². The molecular formula is C17H12ClF3N4O2. The van der Waals surface area contributed by atoms with Gasteiger partial charge in [0.2, 0.25) is 0 Å². The summed E-state index contributed by atoms with van der Waals surface area (Å²) in [5.74, 6) is -0.221. The van der Waals surface area contributed by atoms with Crippen LogP contribution >= 0.6 is 11.6 Å². The van der Waals surface area contributed by atoms with Gasteiger partial charge in [-0.3, -0.25) is 4.79 Å². The molecule has 0 bridgehead atoms. The Hall–Kier alpha value is -3.07. The standard InChI is InChI=1S/C17H12ClF3N4O2/c18-15-5-4-11(8-14(15)17(19,20)21)23-16(26)10-27-13-3-1-2-12(9-13)25-7-6-22-24-25/h1-9H,10H2,(H,23,26). The summed E-state index contributed by atoms with van der Waals surface area (Å²) in [5, 5.41) is 9.44. The van der Waals surface area contributed by atoms with Crippen LogP contribution in [0.4, 0.5) is 18.9 Å². The lowest BCUT2D eigenvalue weighted by molar-refractivity contribution is -0.137. The summed E-state index contributed by atoms with van der Waals surface area (Å²) in [5.41, 5.74) is -0.377. The van der Waals surface area contributed by atoms with Gasteiger partial charge < -0.3 is 10.1 Å². The minimum Gasteiger partial charge on any atom is -0.484 e. The normalized spacial score (nSPS) is 11.3. The van der Waals surface area contributed by atoms with Gasteiger partial charge in [0.1, 0.15) is 5.75 Å². The molecule has 0 aliphatic heterocycles.